The second-order valence-electron chi connectivity index (χ2n) is 5.75. The summed E-state index contributed by atoms with van der Waals surface area (Å²) in [5, 5.41) is 2.50. The zero-order valence-electron chi connectivity index (χ0n) is 13.5. The lowest BCUT2D eigenvalue weighted by Crippen LogP contribution is -2.45. The number of urea groups is 1. The Balaban J connectivity index is 2.08. The Morgan fingerprint density at radius 2 is 1.96 bits per heavy atom. The molecule has 0 aromatic heterocycles. The van der Waals surface area contributed by atoms with E-state index < -0.39 is 33.6 Å². The fourth-order valence-electron chi connectivity index (χ4n) is 2.60. The van der Waals surface area contributed by atoms with Gasteiger partial charge in [-0.25, -0.2) is 13.2 Å². The minimum absolute atomic E-state index is 0.00864. The number of carbonyl (C=O) groups is 1. The summed E-state index contributed by atoms with van der Waals surface area (Å²) in [6.45, 7) is 0.403. The number of alkyl halides is 3. The van der Waals surface area contributed by atoms with Crippen molar-refractivity contribution in [2.45, 2.75) is 18.6 Å². The van der Waals surface area contributed by atoms with Crippen LogP contribution < -0.4 is 5.32 Å². The number of ether oxygens (including phenoxy) is 1. The number of rotatable bonds is 5. The van der Waals surface area contributed by atoms with Crippen molar-refractivity contribution in [3.63, 3.8) is 0 Å². The molecule has 1 fully saturated rings. The van der Waals surface area contributed by atoms with Gasteiger partial charge in [0.2, 0.25) is 0 Å². The molecule has 1 aliphatic rings. The molecule has 1 heterocycles. The maximum atomic E-state index is 12.6. The predicted molar refractivity (Wildman–Crippen MR) is 86.1 cm³/mol. The Morgan fingerprint density at radius 1 is 1.32 bits per heavy atom. The molecule has 2 rings (SSSR count). The first kappa shape index (κ1) is 19.5. The third-order valence-electron chi connectivity index (χ3n) is 3.91. The normalized spacial score (nSPS) is 19.6. The molecule has 0 aliphatic carbocycles. The van der Waals surface area contributed by atoms with Crippen molar-refractivity contribution < 1.29 is 31.1 Å². The van der Waals surface area contributed by atoms with Gasteiger partial charge in [0.15, 0.2) is 9.84 Å². The average molecular weight is 380 g/mol. The van der Waals surface area contributed by atoms with E-state index in [0.717, 1.165) is 24.3 Å². The number of benzene rings is 1. The Hall–Kier alpha value is -1.81. The number of hydrogen-bond donors (Lipinski definition) is 1. The van der Waals surface area contributed by atoms with Crippen molar-refractivity contribution in [2.75, 3.05) is 37.1 Å². The number of anilines is 1. The molecule has 1 aromatic rings. The van der Waals surface area contributed by atoms with Gasteiger partial charge in [0.05, 0.1) is 23.7 Å². The summed E-state index contributed by atoms with van der Waals surface area (Å²) in [5.41, 5.74) is -0.620. The van der Waals surface area contributed by atoms with Gasteiger partial charge in [-0.05, 0) is 30.7 Å². The maximum Gasteiger partial charge on any atom is 0.416 e. The number of amides is 2. The van der Waals surface area contributed by atoms with Gasteiger partial charge >= 0.3 is 12.2 Å². The largest absolute Gasteiger partial charge is 0.416 e. The van der Waals surface area contributed by atoms with E-state index in [0.29, 0.717) is 6.42 Å². The first-order valence-corrected chi connectivity index (χ1v) is 9.39. The average Bonchev–Trinajstić information content (AvgIpc) is 2.87. The Bertz CT molecular complexity index is 704. The number of methoxy groups -OCH3 is 1. The van der Waals surface area contributed by atoms with Gasteiger partial charge < -0.3 is 15.0 Å². The van der Waals surface area contributed by atoms with Gasteiger partial charge in [-0.1, -0.05) is 0 Å². The Labute approximate surface area is 143 Å². The van der Waals surface area contributed by atoms with Crippen molar-refractivity contribution >= 4 is 21.6 Å². The van der Waals surface area contributed by atoms with Crippen LogP contribution in [-0.2, 0) is 20.8 Å². The predicted octanol–water partition coefficient (Wildman–Crippen LogP) is 2.37. The van der Waals surface area contributed by atoms with Crippen LogP contribution in [0.25, 0.3) is 0 Å². The highest BCUT2D eigenvalue weighted by molar-refractivity contribution is 7.91. The Morgan fingerprint density at radius 3 is 2.44 bits per heavy atom. The summed E-state index contributed by atoms with van der Waals surface area (Å²) in [6.07, 6.45) is -4.13. The lowest BCUT2D eigenvalue weighted by atomic mass is 10.2. The smallest absolute Gasteiger partial charge is 0.383 e. The van der Waals surface area contributed by atoms with E-state index >= 15 is 0 Å². The van der Waals surface area contributed by atoms with Crippen molar-refractivity contribution in [1.29, 1.82) is 0 Å². The summed E-state index contributed by atoms with van der Waals surface area (Å²) in [7, 11) is -1.73. The van der Waals surface area contributed by atoms with Crippen LogP contribution >= 0.6 is 0 Å². The van der Waals surface area contributed by atoms with Crippen molar-refractivity contribution in [1.82, 2.24) is 4.90 Å². The first-order valence-electron chi connectivity index (χ1n) is 7.56. The number of carbonyl (C=O) groups excluding carboxylic acids is 1. The fourth-order valence-corrected chi connectivity index (χ4v) is 4.33. The molecule has 0 spiro atoms. The highest BCUT2D eigenvalue weighted by Gasteiger charge is 2.35. The van der Waals surface area contributed by atoms with E-state index in [2.05, 4.69) is 5.32 Å². The molecule has 25 heavy (non-hydrogen) atoms. The molecule has 6 nitrogen and oxygen atoms in total. The van der Waals surface area contributed by atoms with E-state index in [4.69, 9.17) is 4.74 Å². The molecule has 0 saturated carbocycles. The van der Waals surface area contributed by atoms with Crippen LogP contribution in [0.2, 0.25) is 0 Å². The van der Waals surface area contributed by atoms with Crippen LogP contribution in [0.5, 0.6) is 0 Å². The summed E-state index contributed by atoms with van der Waals surface area (Å²) >= 11 is 0. The van der Waals surface area contributed by atoms with Crippen molar-refractivity contribution in [2.24, 2.45) is 0 Å². The molecule has 1 saturated heterocycles. The van der Waals surface area contributed by atoms with Crippen LogP contribution in [0.4, 0.5) is 23.7 Å². The number of sulfone groups is 1. The van der Waals surface area contributed by atoms with Gasteiger partial charge in [-0.15, -0.1) is 0 Å². The summed E-state index contributed by atoms with van der Waals surface area (Å²) < 4.78 is 65.9. The molecule has 2 amide bonds. The first-order chi connectivity index (χ1) is 11.6. The zero-order chi connectivity index (χ0) is 18.7. The van der Waals surface area contributed by atoms with Gasteiger partial charge in [0.1, 0.15) is 0 Å². The molecule has 1 aromatic carbocycles. The molecular formula is C15H19F3N2O4S. The number of halogens is 3. The molecule has 1 atom stereocenters. The highest BCUT2D eigenvalue weighted by Crippen LogP contribution is 2.30. The second-order valence-corrected chi connectivity index (χ2v) is 7.98. The van der Waals surface area contributed by atoms with Crippen molar-refractivity contribution in [3.8, 4) is 0 Å². The van der Waals surface area contributed by atoms with Gasteiger partial charge in [-0.2, -0.15) is 13.2 Å². The monoisotopic (exact) mass is 380 g/mol. The Kier molecular flexibility index (Phi) is 5.94. The third-order valence-corrected chi connectivity index (χ3v) is 5.66. The number of nitrogens with zero attached hydrogens (tertiary/aromatic N) is 1. The van der Waals surface area contributed by atoms with E-state index in [1.54, 1.807) is 0 Å². The fraction of sp³-hybridized carbons (Fsp3) is 0.533. The topological polar surface area (TPSA) is 75.7 Å². The van der Waals surface area contributed by atoms with Crippen LogP contribution in [0.15, 0.2) is 24.3 Å². The van der Waals surface area contributed by atoms with E-state index in [9.17, 15) is 26.4 Å². The quantitative estimate of drug-likeness (QED) is 0.851. The second kappa shape index (κ2) is 7.61. The minimum atomic E-state index is -4.45. The van der Waals surface area contributed by atoms with Crippen LogP contribution in [0, 0.1) is 0 Å². The van der Waals surface area contributed by atoms with Crippen molar-refractivity contribution in [3.05, 3.63) is 29.8 Å². The molecule has 10 heteroatoms. The standard InChI is InChI=1S/C15H19F3N2O4S/c1-24-8-7-20(13-6-9-25(22,23)10-13)14(21)19-12-4-2-11(3-5-12)15(16,17)18/h2-5,13H,6-10H2,1H3,(H,19,21). The zero-order valence-corrected chi connectivity index (χ0v) is 14.4. The van der Waals surface area contributed by atoms with Crippen LogP contribution in [0.3, 0.4) is 0 Å². The third kappa shape index (κ3) is 5.33. The lowest BCUT2D eigenvalue weighted by Gasteiger charge is -2.28. The maximum absolute atomic E-state index is 12.6. The molecule has 1 N–H and O–H groups in total. The lowest BCUT2D eigenvalue weighted by molar-refractivity contribution is -0.137. The van der Waals surface area contributed by atoms with E-state index in [-0.39, 0.29) is 30.3 Å². The number of hydrogen-bond acceptors (Lipinski definition) is 4. The summed E-state index contributed by atoms with van der Waals surface area (Å²) in [5.74, 6) is -0.119. The summed E-state index contributed by atoms with van der Waals surface area (Å²) in [6, 6.07) is 3.00. The SMILES string of the molecule is COCCN(C(=O)Nc1ccc(C(F)(F)F)cc1)C1CCS(=O)(=O)C1. The van der Waals surface area contributed by atoms with Gasteiger partial charge in [0.25, 0.3) is 0 Å². The van der Waals surface area contributed by atoms with Gasteiger partial charge in [0, 0.05) is 25.4 Å². The molecule has 0 radical (unpaired) electrons. The highest BCUT2D eigenvalue weighted by atomic mass is 32.2. The summed E-state index contributed by atoms with van der Waals surface area (Å²) in [4.78, 5) is 13.8. The minimum Gasteiger partial charge on any atom is -0.383 e. The molecule has 1 unspecified atom stereocenters. The van der Waals surface area contributed by atoms with E-state index in [1.165, 1.54) is 12.0 Å². The molecular weight excluding hydrogens is 361 g/mol. The van der Waals surface area contributed by atoms with E-state index in [1.807, 2.05) is 0 Å². The van der Waals surface area contributed by atoms with Gasteiger partial charge in [-0.3, -0.25) is 0 Å². The molecule has 140 valence electrons. The van der Waals surface area contributed by atoms with Crippen LogP contribution in [-0.4, -0.2) is 57.2 Å². The molecule has 0 bridgehead atoms. The molecule has 1 aliphatic heterocycles. The number of nitrogens with one attached hydrogen (secondary N) is 1. The van der Waals surface area contributed by atoms with Crippen LogP contribution in [0.1, 0.15) is 12.0 Å².